The van der Waals surface area contributed by atoms with Crippen LogP contribution in [0, 0.1) is 0 Å². The Morgan fingerprint density at radius 3 is 2.28 bits per heavy atom. The number of guanidine groups is 1. The van der Waals surface area contributed by atoms with E-state index in [0.717, 1.165) is 37.8 Å². The van der Waals surface area contributed by atoms with E-state index in [2.05, 4.69) is 77.8 Å². The van der Waals surface area contributed by atoms with Gasteiger partial charge in [-0.25, -0.2) is 0 Å². The molecule has 0 spiro atoms. The van der Waals surface area contributed by atoms with E-state index >= 15 is 0 Å². The van der Waals surface area contributed by atoms with Gasteiger partial charge in [0.15, 0.2) is 5.96 Å². The molecule has 0 unspecified atom stereocenters. The normalized spacial score (nSPS) is 11.3. The largest absolute Gasteiger partial charge is 0.497 e. The molecule has 0 atom stereocenters. The van der Waals surface area contributed by atoms with Crippen molar-refractivity contribution in [3.8, 4) is 5.75 Å². The molecule has 2 aromatic carbocycles. The molecule has 0 saturated carbocycles. The van der Waals surface area contributed by atoms with Crippen LogP contribution in [0.25, 0.3) is 0 Å². The lowest BCUT2D eigenvalue weighted by Gasteiger charge is -2.23. The number of aliphatic imine (C=N–C) groups is 1. The van der Waals surface area contributed by atoms with Crippen molar-refractivity contribution in [2.24, 2.45) is 4.99 Å². The number of hydrogen-bond acceptors (Lipinski definition) is 3. The summed E-state index contributed by atoms with van der Waals surface area (Å²) in [5, 5.41) is 6.83. The summed E-state index contributed by atoms with van der Waals surface area (Å²) in [4.78, 5) is 6.69. The van der Waals surface area contributed by atoms with Crippen molar-refractivity contribution in [3.63, 3.8) is 0 Å². The van der Waals surface area contributed by atoms with Crippen molar-refractivity contribution in [2.45, 2.75) is 39.4 Å². The van der Waals surface area contributed by atoms with E-state index in [1.54, 1.807) is 14.2 Å². The zero-order chi connectivity index (χ0) is 20.4. The second-order valence-electron chi connectivity index (χ2n) is 7.23. The van der Waals surface area contributed by atoms with Gasteiger partial charge < -0.3 is 15.4 Å². The van der Waals surface area contributed by atoms with Gasteiger partial charge in [0.25, 0.3) is 0 Å². The molecule has 0 aliphatic carbocycles. The van der Waals surface area contributed by atoms with Gasteiger partial charge >= 0.3 is 0 Å². The maximum absolute atomic E-state index is 5.20. The Bertz CT molecular complexity index is 747. The van der Waals surface area contributed by atoms with Crippen molar-refractivity contribution >= 4 is 29.9 Å². The first kappa shape index (κ1) is 25.2. The lowest BCUT2D eigenvalue weighted by atomic mass is 10.1. The maximum atomic E-state index is 5.20. The molecule has 0 bridgehead atoms. The minimum absolute atomic E-state index is 0. The fourth-order valence-corrected chi connectivity index (χ4v) is 2.85. The van der Waals surface area contributed by atoms with Crippen molar-refractivity contribution in [1.29, 1.82) is 0 Å². The predicted molar refractivity (Wildman–Crippen MR) is 133 cm³/mol. The summed E-state index contributed by atoms with van der Waals surface area (Å²) in [5.74, 6) is 1.71. The molecule has 2 N–H and O–H groups in total. The van der Waals surface area contributed by atoms with E-state index in [-0.39, 0.29) is 24.0 Å². The molecule has 2 rings (SSSR count). The molecule has 2 aromatic rings. The van der Waals surface area contributed by atoms with Gasteiger partial charge in [0.2, 0.25) is 0 Å². The molecule has 0 aliphatic heterocycles. The third-order valence-electron chi connectivity index (χ3n) is 4.95. The van der Waals surface area contributed by atoms with E-state index in [4.69, 9.17) is 4.74 Å². The number of ether oxygens (including phenoxy) is 1. The molecule has 5 nitrogen and oxygen atoms in total. The predicted octanol–water partition coefficient (Wildman–Crippen LogP) is 4.06. The highest BCUT2D eigenvalue weighted by molar-refractivity contribution is 14.0. The molecule has 0 aliphatic rings. The molecular weight excluding hydrogens is 475 g/mol. The summed E-state index contributed by atoms with van der Waals surface area (Å²) in [6.45, 7) is 6.96. The second-order valence-corrected chi connectivity index (χ2v) is 7.23. The minimum atomic E-state index is 0. The highest BCUT2D eigenvalue weighted by Crippen LogP contribution is 2.13. The van der Waals surface area contributed by atoms with Crippen LogP contribution in [-0.2, 0) is 19.5 Å². The lowest BCUT2D eigenvalue weighted by molar-refractivity contribution is 0.265. The average molecular weight is 510 g/mol. The van der Waals surface area contributed by atoms with Crippen molar-refractivity contribution in [3.05, 3.63) is 65.2 Å². The van der Waals surface area contributed by atoms with Gasteiger partial charge in [-0.15, -0.1) is 24.0 Å². The zero-order valence-electron chi connectivity index (χ0n) is 18.2. The Hall–Kier alpha value is -1.80. The molecular formula is C23H35IN4O. The van der Waals surface area contributed by atoms with Crippen LogP contribution in [0.2, 0.25) is 0 Å². The van der Waals surface area contributed by atoms with Crippen LogP contribution in [0.15, 0.2) is 53.5 Å². The number of halogens is 1. The van der Waals surface area contributed by atoms with Crippen molar-refractivity contribution in [2.75, 3.05) is 27.7 Å². The molecule has 0 fully saturated rings. The Balaban J connectivity index is 0.00000420. The van der Waals surface area contributed by atoms with E-state index in [9.17, 15) is 0 Å². The maximum Gasteiger partial charge on any atom is 0.191 e. The summed E-state index contributed by atoms with van der Waals surface area (Å²) in [7, 11) is 5.65. The number of nitrogens with zero attached hydrogens (tertiary/aromatic N) is 2. The van der Waals surface area contributed by atoms with Crippen LogP contribution >= 0.6 is 24.0 Å². The topological polar surface area (TPSA) is 48.9 Å². The second kappa shape index (κ2) is 13.4. The van der Waals surface area contributed by atoms with Gasteiger partial charge in [-0.05, 0) is 56.1 Å². The summed E-state index contributed by atoms with van der Waals surface area (Å²) in [5.41, 5.74) is 3.92. The van der Waals surface area contributed by atoms with Crippen LogP contribution in [0.1, 0.15) is 30.5 Å². The number of rotatable bonds is 9. The molecule has 0 aromatic heterocycles. The van der Waals surface area contributed by atoms with Crippen LogP contribution in [0.3, 0.4) is 0 Å². The van der Waals surface area contributed by atoms with E-state index in [0.29, 0.717) is 6.04 Å². The third kappa shape index (κ3) is 8.62. The lowest BCUT2D eigenvalue weighted by Crippen LogP contribution is -2.38. The molecule has 160 valence electrons. The average Bonchev–Trinajstić information content (AvgIpc) is 2.71. The first-order valence-corrected chi connectivity index (χ1v) is 9.88. The Morgan fingerprint density at radius 1 is 1.03 bits per heavy atom. The monoisotopic (exact) mass is 510 g/mol. The summed E-state index contributed by atoms with van der Waals surface area (Å²) in [6.07, 6.45) is 0.931. The molecule has 29 heavy (non-hydrogen) atoms. The highest BCUT2D eigenvalue weighted by atomic mass is 127. The Labute approximate surface area is 193 Å². The van der Waals surface area contributed by atoms with E-state index in [1.807, 2.05) is 12.1 Å². The fraction of sp³-hybridized carbons (Fsp3) is 0.435. The summed E-state index contributed by atoms with van der Waals surface area (Å²) >= 11 is 0. The molecule has 0 saturated heterocycles. The van der Waals surface area contributed by atoms with Crippen molar-refractivity contribution < 1.29 is 4.74 Å². The van der Waals surface area contributed by atoms with Gasteiger partial charge in [-0.1, -0.05) is 36.4 Å². The van der Waals surface area contributed by atoms with Crippen LogP contribution in [0.4, 0.5) is 0 Å². The molecule has 0 heterocycles. The third-order valence-corrected chi connectivity index (χ3v) is 4.95. The van der Waals surface area contributed by atoms with E-state index in [1.165, 1.54) is 16.7 Å². The standard InChI is InChI=1S/C23H34N4O.HI/c1-18(2)27(4)17-21-9-7-6-8-20(21)16-26-23(24-3)25-15-14-19-10-12-22(28-5)13-11-19;/h6-13,18H,14-17H2,1-5H3,(H2,24,25,26);1H. The van der Waals surface area contributed by atoms with Crippen molar-refractivity contribution in [1.82, 2.24) is 15.5 Å². The number of hydrogen-bond donors (Lipinski definition) is 2. The fourth-order valence-electron chi connectivity index (χ4n) is 2.85. The van der Waals surface area contributed by atoms with Gasteiger partial charge in [0, 0.05) is 32.7 Å². The quantitative estimate of drug-likeness (QED) is 0.304. The Kier molecular flexibility index (Phi) is 11.7. The first-order chi connectivity index (χ1) is 13.5. The van der Waals surface area contributed by atoms with Gasteiger partial charge in [0.05, 0.1) is 7.11 Å². The van der Waals surface area contributed by atoms with Gasteiger partial charge in [-0.3, -0.25) is 9.89 Å². The number of benzene rings is 2. The first-order valence-electron chi connectivity index (χ1n) is 9.88. The van der Waals surface area contributed by atoms with Crippen LogP contribution in [0.5, 0.6) is 5.75 Å². The van der Waals surface area contributed by atoms with Crippen LogP contribution < -0.4 is 15.4 Å². The number of methoxy groups -OCH3 is 1. The van der Waals surface area contributed by atoms with Gasteiger partial charge in [0.1, 0.15) is 5.75 Å². The highest BCUT2D eigenvalue weighted by Gasteiger charge is 2.08. The molecule has 0 amide bonds. The zero-order valence-corrected chi connectivity index (χ0v) is 20.6. The van der Waals surface area contributed by atoms with E-state index < -0.39 is 0 Å². The minimum Gasteiger partial charge on any atom is -0.497 e. The summed E-state index contributed by atoms with van der Waals surface area (Å²) in [6, 6.07) is 17.3. The van der Waals surface area contributed by atoms with Crippen LogP contribution in [-0.4, -0.2) is 44.7 Å². The SMILES string of the molecule is CN=C(NCCc1ccc(OC)cc1)NCc1ccccc1CN(C)C(C)C.I. The smallest absolute Gasteiger partial charge is 0.191 e. The van der Waals surface area contributed by atoms with Gasteiger partial charge in [-0.2, -0.15) is 0 Å². The number of nitrogens with one attached hydrogen (secondary N) is 2. The summed E-state index contributed by atoms with van der Waals surface area (Å²) < 4.78 is 5.20. The molecule has 0 radical (unpaired) electrons. The molecule has 6 heteroatoms. The Morgan fingerprint density at radius 2 is 1.69 bits per heavy atom.